The molecule has 4 nitrogen and oxygen atoms in total. The Morgan fingerprint density at radius 1 is 0.828 bits per heavy atom. The van der Waals surface area contributed by atoms with E-state index in [1.807, 2.05) is 24.4 Å². The molecule has 1 fully saturated rings. The molecule has 4 heteroatoms. The number of hydrazone groups is 1. The molecule has 0 unspecified atom stereocenters. The molecule has 0 radical (unpaired) electrons. The average molecular weight is 383 g/mol. The van der Waals surface area contributed by atoms with Crippen LogP contribution in [0, 0.1) is 0 Å². The molecular weight excluding hydrogens is 358 g/mol. The first-order valence-corrected chi connectivity index (χ1v) is 10.2. The minimum Gasteiger partial charge on any atom is -0.497 e. The van der Waals surface area contributed by atoms with Crippen molar-refractivity contribution in [3.63, 3.8) is 0 Å². The van der Waals surface area contributed by atoms with Crippen molar-refractivity contribution in [3.8, 4) is 16.9 Å². The van der Waals surface area contributed by atoms with Crippen LogP contribution in [0.5, 0.6) is 5.75 Å². The van der Waals surface area contributed by atoms with Gasteiger partial charge in [-0.1, -0.05) is 60.7 Å². The van der Waals surface area contributed by atoms with Crippen LogP contribution in [0.15, 0.2) is 77.9 Å². The third kappa shape index (κ3) is 3.40. The Morgan fingerprint density at radius 2 is 1.48 bits per heavy atom. The van der Waals surface area contributed by atoms with Crippen molar-refractivity contribution >= 4 is 6.21 Å². The molecule has 2 aliphatic rings. The Hall–Kier alpha value is -3.11. The van der Waals surface area contributed by atoms with Crippen LogP contribution in [-0.4, -0.2) is 49.4 Å². The van der Waals surface area contributed by atoms with Gasteiger partial charge in [-0.05, 0) is 39.9 Å². The molecule has 1 heterocycles. The van der Waals surface area contributed by atoms with Gasteiger partial charge in [0.15, 0.2) is 0 Å². The standard InChI is InChI=1S/C25H25N3O/c1-29-20-8-6-7-19(17-20)18-26-28-15-13-27(14-16-28)25-23-11-4-2-9-21(23)22-10-3-5-12-24(22)25/h2-12,17-18,25H,13-16H2,1H3/b26-18-. The molecule has 0 bridgehead atoms. The second-order valence-corrected chi connectivity index (χ2v) is 7.59. The van der Waals surface area contributed by atoms with Crippen molar-refractivity contribution in [3.05, 3.63) is 89.5 Å². The first-order valence-electron chi connectivity index (χ1n) is 10.2. The van der Waals surface area contributed by atoms with Gasteiger partial charge in [0.1, 0.15) is 5.75 Å². The van der Waals surface area contributed by atoms with Gasteiger partial charge in [0.05, 0.1) is 19.4 Å². The summed E-state index contributed by atoms with van der Waals surface area (Å²) < 4.78 is 5.29. The lowest BCUT2D eigenvalue weighted by Gasteiger charge is -2.37. The van der Waals surface area contributed by atoms with E-state index in [2.05, 4.69) is 64.5 Å². The first kappa shape index (κ1) is 18.0. The zero-order valence-electron chi connectivity index (χ0n) is 16.7. The van der Waals surface area contributed by atoms with Crippen molar-refractivity contribution in [2.75, 3.05) is 33.3 Å². The molecule has 0 aromatic heterocycles. The van der Waals surface area contributed by atoms with Gasteiger partial charge in [-0.3, -0.25) is 9.91 Å². The third-order valence-electron chi connectivity index (χ3n) is 5.92. The predicted octanol–water partition coefficient (Wildman–Crippen LogP) is 4.42. The molecule has 29 heavy (non-hydrogen) atoms. The minimum atomic E-state index is 0.354. The number of hydrogen-bond acceptors (Lipinski definition) is 4. The maximum Gasteiger partial charge on any atom is 0.119 e. The highest BCUT2D eigenvalue weighted by molar-refractivity contribution is 5.80. The zero-order valence-corrected chi connectivity index (χ0v) is 16.7. The van der Waals surface area contributed by atoms with Crippen molar-refractivity contribution in [1.82, 2.24) is 9.91 Å². The summed E-state index contributed by atoms with van der Waals surface area (Å²) in [6, 6.07) is 26.0. The van der Waals surface area contributed by atoms with E-state index in [1.54, 1.807) is 7.11 Å². The van der Waals surface area contributed by atoms with Gasteiger partial charge in [0, 0.05) is 26.2 Å². The Labute approximate surface area is 172 Å². The van der Waals surface area contributed by atoms with E-state index in [-0.39, 0.29) is 0 Å². The summed E-state index contributed by atoms with van der Waals surface area (Å²) in [5, 5.41) is 6.87. The smallest absolute Gasteiger partial charge is 0.119 e. The van der Waals surface area contributed by atoms with E-state index < -0.39 is 0 Å². The maximum atomic E-state index is 5.29. The van der Waals surface area contributed by atoms with Crippen LogP contribution in [-0.2, 0) is 0 Å². The van der Waals surface area contributed by atoms with Crippen molar-refractivity contribution < 1.29 is 4.74 Å². The van der Waals surface area contributed by atoms with E-state index in [0.717, 1.165) is 37.5 Å². The summed E-state index contributed by atoms with van der Waals surface area (Å²) in [7, 11) is 1.69. The fourth-order valence-corrected chi connectivity index (χ4v) is 4.48. The van der Waals surface area contributed by atoms with Gasteiger partial charge < -0.3 is 4.74 Å². The summed E-state index contributed by atoms with van der Waals surface area (Å²) in [4.78, 5) is 2.60. The Balaban J connectivity index is 1.30. The van der Waals surface area contributed by atoms with E-state index in [1.165, 1.54) is 22.3 Å². The first-order chi connectivity index (χ1) is 14.3. The molecule has 1 aliphatic carbocycles. The molecule has 0 spiro atoms. The Kier molecular flexibility index (Phi) is 4.78. The monoisotopic (exact) mass is 383 g/mol. The fraction of sp³-hybridized carbons (Fsp3) is 0.240. The second-order valence-electron chi connectivity index (χ2n) is 7.59. The molecule has 1 saturated heterocycles. The maximum absolute atomic E-state index is 5.29. The number of nitrogens with zero attached hydrogens (tertiary/aromatic N) is 3. The van der Waals surface area contributed by atoms with Crippen LogP contribution in [0.3, 0.4) is 0 Å². The highest BCUT2D eigenvalue weighted by atomic mass is 16.5. The molecule has 3 aromatic carbocycles. The molecule has 0 atom stereocenters. The van der Waals surface area contributed by atoms with E-state index in [0.29, 0.717) is 6.04 Å². The van der Waals surface area contributed by atoms with Crippen LogP contribution >= 0.6 is 0 Å². The summed E-state index contributed by atoms with van der Waals surface area (Å²) >= 11 is 0. The molecular formula is C25H25N3O. The van der Waals surface area contributed by atoms with Crippen LogP contribution in [0.2, 0.25) is 0 Å². The van der Waals surface area contributed by atoms with Gasteiger partial charge in [0.25, 0.3) is 0 Å². The van der Waals surface area contributed by atoms with Gasteiger partial charge in [-0.2, -0.15) is 5.10 Å². The van der Waals surface area contributed by atoms with Gasteiger partial charge in [-0.15, -0.1) is 0 Å². The average Bonchev–Trinajstić information content (AvgIpc) is 3.13. The highest BCUT2D eigenvalue weighted by Crippen LogP contribution is 2.46. The van der Waals surface area contributed by atoms with Crippen LogP contribution in [0.25, 0.3) is 11.1 Å². The van der Waals surface area contributed by atoms with Crippen molar-refractivity contribution in [2.45, 2.75) is 6.04 Å². The number of methoxy groups -OCH3 is 1. The predicted molar refractivity (Wildman–Crippen MR) is 117 cm³/mol. The third-order valence-corrected chi connectivity index (χ3v) is 5.92. The summed E-state index contributed by atoms with van der Waals surface area (Å²) in [5.74, 6) is 0.859. The summed E-state index contributed by atoms with van der Waals surface area (Å²) in [6.07, 6.45) is 1.93. The van der Waals surface area contributed by atoms with E-state index >= 15 is 0 Å². The second kappa shape index (κ2) is 7.72. The zero-order chi connectivity index (χ0) is 19.6. The van der Waals surface area contributed by atoms with Gasteiger partial charge in [-0.25, -0.2) is 0 Å². The molecule has 0 amide bonds. The van der Waals surface area contributed by atoms with Crippen LogP contribution in [0.4, 0.5) is 0 Å². The lowest BCUT2D eigenvalue weighted by Crippen LogP contribution is -2.45. The normalized spacial score (nSPS) is 16.8. The van der Waals surface area contributed by atoms with Crippen LogP contribution < -0.4 is 4.74 Å². The SMILES string of the molecule is COc1cccc(/C=N\N2CCN(C3c4ccccc4-c4ccccc43)CC2)c1. The van der Waals surface area contributed by atoms with Gasteiger partial charge >= 0.3 is 0 Å². The van der Waals surface area contributed by atoms with Gasteiger partial charge in [0.2, 0.25) is 0 Å². The summed E-state index contributed by atoms with van der Waals surface area (Å²) in [5.41, 5.74) is 6.69. The Morgan fingerprint density at radius 3 is 2.14 bits per heavy atom. The molecule has 0 saturated carbocycles. The Bertz CT molecular complexity index is 992. The lowest BCUT2D eigenvalue weighted by atomic mass is 10.0. The number of fused-ring (bicyclic) bond motifs is 3. The quantitative estimate of drug-likeness (QED) is 0.625. The fourth-order valence-electron chi connectivity index (χ4n) is 4.48. The largest absolute Gasteiger partial charge is 0.497 e. The van der Waals surface area contributed by atoms with E-state index in [9.17, 15) is 0 Å². The van der Waals surface area contributed by atoms with Crippen LogP contribution in [0.1, 0.15) is 22.7 Å². The lowest BCUT2D eigenvalue weighted by molar-refractivity contribution is 0.114. The number of benzene rings is 3. The topological polar surface area (TPSA) is 28.1 Å². The number of piperazine rings is 1. The minimum absolute atomic E-state index is 0.354. The van der Waals surface area contributed by atoms with E-state index in [4.69, 9.17) is 9.84 Å². The molecule has 5 rings (SSSR count). The van der Waals surface area contributed by atoms with Crippen molar-refractivity contribution in [1.29, 1.82) is 0 Å². The number of hydrogen-bond donors (Lipinski definition) is 0. The molecule has 1 aliphatic heterocycles. The molecule has 146 valence electrons. The molecule has 0 N–H and O–H groups in total. The molecule has 3 aromatic rings. The van der Waals surface area contributed by atoms with Crippen molar-refractivity contribution in [2.24, 2.45) is 5.10 Å². The number of rotatable bonds is 4. The number of ether oxygens (including phenoxy) is 1. The summed E-state index contributed by atoms with van der Waals surface area (Å²) in [6.45, 7) is 3.87. The highest BCUT2D eigenvalue weighted by Gasteiger charge is 2.33.